The number of halogens is 3. The molecule has 2 aromatic heterocycles. The van der Waals surface area contributed by atoms with Crippen molar-refractivity contribution in [2.24, 2.45) is 0 Å². The molecule has 0 unspecified atom stereocenters. The van der Waals surface area contributed by atoms with Crippen LogP contribution in [-0.2, 0) is 43.3 Å². The first-order chi connectivity index (χ1) is 16.6. The van der Waals surface area contributed by atoms with E-state index in [0.29, 0.717) is 51.1 Å². The molecule has 2 aliphatic rings. The molecule has 2 amide bonds. The largest absolute Gasteiger partial charge is 0.462 e. The second kappa shape index (κ2) is 10.2. The Morgan fingerprint density at radius 1 is 1.11 bits per heavy atom. The molecule has 3 heterocycles. The van der Waals surface area contributed by atoms with Crippen LogP contribution in [0, 0.1) is 5.41 Å². The van der Waals surface area contributed by atoms with E-state index in [1.165, 1.54) is 11.3 Å². The van der Waals surface area contributed by atoms with E-state index in [9.17, 15) is 22.8 Å². The molecule has 1 aliphatic carbocycles. The topological polar surface area (TPSA) is 94.5 Å². The highest BCUT2D eigenvalue weighted by Gasteiger charge is 2.39. The number of amidine groups is 1. The highest BCUT2D eigenvalue weighted by atomic mass is 32.1. The molecule has 190 valence electrons. The quantitative estimate of drug-likeness (QED) is 0.269. The van der Waals surface area contributed by atoms with Gasteiger partial charge in [0.1, 0.15) is 9.88 Å². The number of rotatable bonds is 5. The van der Waals surface area contributed by atoms with Crippen LogP contribution in [0.4, 0.5) is 23.0 Å². The number of esters is 1. The average Bonchev–Trinajstić information content (AvgIpc) is 3.35. The molecule has 12 heteroatoms. The summed E-state index contributed by atoms with van der Waals surface area (Å²) in [6.45, 7) is 3.96. The predicted octanol–water partition coefficient (Wildman–Crippen LogP) is 5.56. The molecule has 0 atom stereocenters. The van der Waals surface area contributed by atoms with E-state index in [1.807, 2.05) is 0 Å². The second-order valence-electron chi connectivity index (χ2n) is 8.51. The Bertz CT molecular complexity index is 1160. The number of carbonyl (C=O) groups excluding carboxylic acids is 2. The van der Waals surface area contributed by atoms with Crippen molar-refractivity contribution in [3.8, 4) is 0 Å². The maximum Gasteiger partial charge on any atom is 0.425 e. The minimum Gasteiger partial charge on any atom is -0.462 e. The summed E-state index contributed by atoms with van der Waals surface area (Å²) in [5, 5.41) is 13.4. The number of urea groups is 1. The van der Waals surface area contributed by atoms with E-state index in [-0.39, 0.29) is 25.3 Å². The normalized spacial score (nSPS) is 15.3. The van der Waals surface area contributed by atoms with Gasteiger partial charge in [0.05, 0.1) is 24.6 Å². The minimum absolute atomic E-state index is 0.0750. The van der Waals surface area contributed by atoms with Gasteiger partial charge >= 0.3 is 18.2 Å². The first-order valence-corrected chi connectivity index (χ1v) is 13.1. The Kier molecular flexibility index (Phi) is 7.41. The van der Waals surface area contributed by atoms with Crippen molar-refractivity contribution in [3.05, 3.63) is 36.9 Å². The Balaban J connectivity index is 1.53. The van der Waals surface area contributed by atoms with Crippen LogP contribution in [0.1, 0.15) is 68.4 Å². The fourth-order valence-electron chi connectivity index (χ4n) is 4.56. The molecule has 4 rings (SSSR count). The first-order valence-electron chi connectivity index (χ1n) is 11.5. The number of aryl methyl sites for hydroxylation is 1. The lowest BCUT2D eigenvalue weighted by Gasteiger charge is -2.28. The van der Waals surface area contributed by atoms with Crippen molar-refractivity contribution in [3.63, 3.8) is 0 Å². The molecular formula is C23H27F3N4O3S2. The van der Waals surface area contributed by atoms with Crippen LogP contribution in [0.15, 0.2) is 0 Å². The first kappa shape index (κ1) is 25.5. The zero-order valence-electron chi connectivity index (χ0n) is 19.5. The van der Waals surface area contributed by atoms with Gasteiger partial charge in [-0.3, -0.25) is 10.7 Å². The van der Waals surface area contributed by atoms with Gasteiger partial charge in [0, 0.05) is 22.8 Å². The van der Waals surface area contributed by atoms with E-state index in [1.54, 1.807) is 18.7 Å². The van der Waals surface area contributed by atoms with Gasteiger partial charge in [-0.2, -0.15) is 13.2 Å². The van der Waals surface area contributed by atoms with Crippen LogP contribution < -0.4 is 10.6 Å². The molecule has 2 aromatic rings. The third-order valence-electron chi connectivity index (χ3n) is 6.20. The maximum absolute atomic E-state index is 13.8. The fraction of sp³-hybridized carbons (Fsp3) is 0.522. The minimum atomic E-state index is -4.54. The number of thiophene rings is 2. The number of fused-ring (bicyclic) bond motifs is 2. The Morgan fingerprint density at radius 3 is 2.54 bits per heavy atom. The zero-order chi connectivity index (χ0) is 25.3. The van der Waals surface area contributed by atoms with Gasteiger partial charge in [0.15, 0.2) is 0 Å². The van der Waals surface area contributed by atoms with Crippen LogP contribution in [-0.4, -0.2) is 35.9 Å². The number of anilines is 1. The maximum atomic E-state index is 13.8. The van der Waals surface area contributed by atoms with Gasteiger partial charge in [0.2, 0.25) is 0 Å². The highest BCUT2D eigenvalue weighted by Crippen LogP contribution is 2.43. The molecule has 7 nitrogen and oxygen atoms in total. The standard InChI is InChI=1S/C23H27F3N4O3S2/c1-3-33-21(31)18-14-6-4-5-7-16(14)35-20(18)29-22(32)28-10-15-13-8-9-30(12(2)27)11-17(13)34-19(15)23(24,25)26/h27H,3-11H2,1-2H3,(H2,28,29,32). The Labute approximate surface area is 209 Å². The highest BCUT2D eigenvalue weighted by molar-refractivity contribution is 7.17. The average molecular weight is 529 g/mol. The molecule has 0 spiro atoms. The molecule has 0 saturated carbocycles. The van der Waals surface area contributed by atoms with Crippen LogP contribution in [0.25, 0.3) is 0 Å². The SMILES string of the molecule is CCOC(=O)c1c(NC(=O)NCc2c(C(F)(F)F)sc3c2CCN(C(C)=N)C3)sc2c1CCCC2. The summed E-state index contributed by atoms with van der Waals surface area (Å²) in [4.78, 5) is 28.0. The van der Waals surface area contributed by atoms with E-state index in [2.05, 4.69) is 10.6 Å². The third-order valence-corrected chi connectivity index (χ3v) is 8.71. The van der Waals surface area contributed by atoms with Gasteiger partial charge in [-0.15, -0.1) is 22.7 Å². The molecule has 1 aliphatic heterocycles. The number of nitrogens with zero attached hydrogens (tertiary/aromatic N) is 1. The number of alkyl halides is 3. The van der Waals surface area contributed by atoms with Crippen molar-refractivity contribution in [2.75, 3.05) is 18.5 Å². The van der Waals surface area contributed by atoms with Gasteiger partial charge < -0.3 is 15.0 Å². The Morgan fingerprint density at radius 2 is 1.86 bits per heavy atom. The molecule has 0 aromatic carbocycles. The van der Waals surface area contributed by atoms with Gasteiger partial charge in [-0.05, 0) is 62.6 Å². The lowest BCUT2D eigenvalue weighted by Crippen LogP contribution is -2.34. The van der Waals surface area contributed by atoms with Crippen LogP contribution >= 0.6 is 22.7 Å². The molecule has 3 N–H and O–H groups in total. The monoisotopic (exact) mass is 528 g/mol. The summed E-state index contributed by atoms with van der Waals surface area (Å²) in [5.74, 6) is -0.188. The summed E-state index contributed by atoms with van der Waals surface area (Å²) >= 11 is 2.01. The second-order valence-corrected chi connectivity index (χ2v) is 10.7. The van der Waals surface area contributed by atoms with Gasteiger partial charge in [-0.25, -0.2) is 9.59 Å². The predicted molar refractivity (Wildman–Crippen MR) is 130 cm³/mol. The Hall–Kier alpha value is -2.60. The fourth-order valence-corrected chi connectivity index (χ4v) is 7.08. The lowest BCUT2D eigenvalue weighted by atomic mass is 9.95. The molecular weight excluding hydrogens is 501 g/mol. The number of hydrogen-bond donors (Lipinski definition) is 3. The summed E-state index contributed by atoms with van der Waals surface area (Å²) in [6, 6.07) is -0.671. The number of amides is 2. The molecule has 0 bridgehead atoms. The molecule has 0 radical (unpaired) electrons. The van der Waals surface area contributed by atoms with E-state index < -0.39 is 23.1 Å². The third kappa shape index (κ3) is 5.32. The lowest BCUT2D eigenvalue weighted by molar-refractivity contribution is -0.135. The van der Waals surface area contributed by atoms with Crippen molar-refractivity contribution in [2.45, 2.75) is 65.2 Å². The molecule has 0 saturated heterocycles. The summed E-state index contributed by atoms with van der Waals surface area (Å²) in [7, 11) is 0. The number of ether oxygens (including phenoxy) is 1. The van der Waals surface area contributed by atoms with Crippen molar-refractivity contribution in [1.82, 2.24) is 10.2 Å². The van der Waals surface area contributed by atoms with Crippen molar-refractivity contribution >= 4 is 45.5 Å². The number of nitrogens with one attached hydrogen (secondary N) is 3. The van der Waals surface area contributed by atoms with Gasteiger partial charge in [0.25, 0.3) is 0 Å². The van der Waals surface area contributed by atoms with E-state index >= 15 is 0 Å². The van der Waals surface area contributed by atoms with Crippen LogP contribution in [0.3, 0.4) is 0 Å². The summed E-state index contributed by atoms with van der Waals surface area (Å²) in [5.41, 5.74) is 1.92. The number of carbonyl (C=O) groups is 2. The van der Waals surface area contributed by atoms with Gasteiger partial charge in [-0.1, -0.05) is 0 Å². The van der Waals surface area contributed by atoms with E-state index in [0.717, 1.165) is 36.1 Å². The molecule has 35 heavy (non-hydrogen) atoms. The molecule has 0 fully saturated rings. The van der Waals surface area contributed by atoms with E-state index in [4.69, 9.17) is 10.1 Å². The summed E-state index contributed by atoms with van der Waals surface area (Å²) < 4.78 is 46.5. The van der Waals surface area contributed by atoms with Crippen LogP contribution in [0.2, 0.25) is 0 Å². The van der Waals surface area contributed by atoms with Crippen molar-refractivity contribution in [1.29, 1.82) is 5.41 Å². The van der Waals surface area contributed by atoms with Crippen LogP contribution in [0.5, 0.6) is 0 Å². The smallest absolute Gasteiger partial charge is 0.425 e. The zero-order valence-corrected chi connectivity index (χ0v) is 21.1. The number of hydrogen-bond acceptors (Lipinski definition) is 6. The summed E-state index contributed by atoms with van der Waals surface area (Å²) in [6.07, 6.45) is -0.672. The van der Waals surface area contributed by atoms with Crippen molar-refractivity contribution < 1.29 is 27.5 Å².